The lowest BCUT2D eigenvalue weighted by atomic mass is 9.83. The van der Waals surface area contributed by atoms with Crippen LogP contribution in [0.25, 0.3) is 0 Å². The van der Waals surface area contributed by atoms with E-state index < -0.39 is 0 Å². The third kappa shape index (κ3) is 1.76. The lowest BCUT2D eigenvalue weighted by Gasteiger charge is -2.24. The summed E-state index contributed by atoms with van der Waals surface area (Å²) in [6, 6.07) is 0.391. The SMILES string of the molecule is Clc1c(C2CCC2)n[nH]c1C1CCCCN1. The molecule has 0 bridgehead atoms. The zero-order valence-electron chi connectivity index (χ0n) is 9.43. The number of hydrogen-bond donors (Lipinski definition) is 2. The van der Waals surface area contributed by atoms with Crippen LogP contribution in [0.3, 0.4) is 0 Å². The summed E-state index contributed by atoms with van der Waals surface area (Å²) in [6.45, 7) is 1.10. The van der Waals surface area contributed by atoms with Gasteiger partial charge in [-0.3, -0.25) is 5.10 Å². The Bertz CT molecular complexity index is 364. The molecule has 16 heavy (non-hydrogen) atoms. The Morgan fingerprint density at radius 3 is 2.62 bits per heavy atom. The van der Waals surface area contributed by atoms with E-state index in [-0.39, 0.29) is 0 Å². The largest absolute Gasteiger partial charge is 0.309 e. The molecule has 3 nitrogen and oxygen atoms in total. The highest BCUT2D eigenvalue weighted by molar-refractivity contribution is 6.32. The summed E-state index contributed by atoms with van der Waals surface area (Å²) in [5.41, 5.74) is 2.22. The quantitative estimate of drug-likeness (QED) is 0.833. The van der Waals surface area contributed by atoms with Gasteiger partial charge >= 0.3 is 0 Å². The molecule has 2 N–H and O–H groups in total. The summed E-state index contributed by atoms with van der Waals surface area (Å²) in [4.78, 5) is 0. The number of rotatable bonds is 2. The van der Waals surface area contributed by atoms with Crippen LogP contribution in [0.15, 0.2) is 0 Å². The third-order valence-electron chi connectivity index (χ3n) is 3.91. The molecular formula is C12H18ClN3. The molecule has 1 aliphatic carbocycles. The third-order valence-corrected chi connectivity index (χ3v) is 4.31. The maximum atomic E-state index is 6.43. The highest BCUT2D eigenvalue weighted by Crippen LogP contribution is 2.41. The summed E-state index contributed by atoms with van der Waals surface area (Å²) in [5.74, 6) is 0.612. The van der Waals surface area contributed by atoms with Crippen molar-refractivity contribution in [2.45, 2.75) is 50.5 Å². The number of halogens is 1. The van der Waals surface area contributed by atoms with Gasteiger partial charge in [0, 0.05) is 5.92 Å². The van der Waals surface area contributed by atoms with Crippen LogP contribution >= 0.6 is 11.6 Å². The molecule has 1 aromatic rings. The van der Waals surface area contributed by atoms with Crippen LogP contribution in [0.1, 0.15) is 61.9 Å². The van der Waals surface area contributed by atoms with Crippen LogP contribution in [0.4, 0.5) is 0 Å². The average Bonchev–Trinajstić information content (AvgIpc) is 2.60. The Morgan fingerprint density at radius 2 is 2.00 bits per heavy atom. The van der Waals surface area contributed by atoms with Gasteiger partial charge in [-0.25, -0.2) is 0 Å². The lowest BCUT2D eigenvalue weighted by Crippen LogP contribution is -2.27. The minimum absolute atomic E-state index is 0.391. The van der Waals surface area contributed by atoms with Crippen molar-refractivity contribution in [3.8, 4) is 0 Å². The maximum Gasteiger partial charge on any atom is 0.0866 e. The first-order valence-electron chi connectivity index (χ1n) is 6.33. The van der Waals surface area contributed by atoms with Crippen molar-refractivity contribution in [1.82, 2.24) is 15.5 Å². The van der Waals surface area contributed by atoms with Crippen molar-refractivity contribution < 1.29 is 0 Å². The summed E-state index contributed by atoms with van der Waals surface area (Å²) in [7, 11) is 0. The molecular weight excluding hydrogens is 222 g/mol. The summed E-state index contributed by atoms with van der Waals surface area (Å²) < 4.78 is 0. The summed E-state index contributed by atoms with van der Waals surface area (Å²) in [6.07, 6.45) is 7.56. The Balaban J connectivity index is 1.81. The first-order chi connectivity index (χ1) is 7.86. The molecule has 0 aromatic carbocycles. The summed E-state index contributed by atoms with van der Waals surface area (Å²) >= 11 is 6.43. The summed E-state index contributed by atoms with van der Waals surface area (Å²) in [5, 5.41) is 12.0. The zero-order chi connectivity index (χ0) is 11.0. The Labute approximate surface area is 101 Å². The smallest absolute Gasteiger partial charge is 0.0866 e. The van der Waals surface area contributed by atoms with E-state index in [4.69, 9.17) is 11.6 Å². The molecule has 88 valence electrons. The van der Waals surface area contributed by atoms with E-state index >= 15 is 0 Å². The molecule has 0 radical (unpaired) electrons. The van der Waals surface area contributed by atoms with E-state index in [1.54, 1.807) is 0 Å². The molecule has 3 rings (SSSR count). The van der Waals surface area contributed by atoms with Gasteiger partial charge in [-0.15, -0.1) is 0 Å². The predicted molar refractivity (Wildman–Crippen MR) is 64.8 cm³/mol. The molecule has 1 aromatic heterocycles. The highest BCUT2D eigenvalue weighted by atomic mass is 35.5. The minimum atomic E-state index is 0.391. The van der Waals surface area contributed by atoms with Gasteiger partial charge in [0.1, 0.15) is 0 Å². The number of hydrogen-bond acceptors (Lipinski definition) is 2. The van der Waals surface area contributed by atoms with Gasteiger partial charge in [-0.1, -0.05) is 24.4 Å². The van der Waals surface area contributed by atoms with E-state index in [0.717, 1.165) is 23.0 Å². The van der Waals surface area contributed by atoms with Gasteiger partial charge in [0.25, 0.3) is 0 Å². The molecule has 2 aliphatic rings. The molecule has 1 unspecified atom stereocenters. The van der Waals surface area contributed by atoms with Gasteiger partial charge < -0.3 is 5.32 Å². The fraction of sp³-hybridized carbons (Fsp3) is 0.750. The highest BCUT2D eigenvalue weighted by Gasteiger charge is 2.28. The standard InChI is InChI=1S/C12H18ClN3/c13-10-11(8-4-3-5-8)15-16-12(10)9-6-1-2-7-14-9/h8-9,14H,1-7H2,(H,15,16). The Morgan fingerprint density at radius 1 is 1.12 bits per heavy atom. The second-order valence-corrected chi connectivity index (χ2v) is 5.34. The number of aromatic nitrogens is 2. The molecule has 2 fully saturated rings. The van der Waals surface area contributed by atoms with E-state index in [2.05, 4.69) is 15.5 Å². The maximum absolute atomic E-state index is 6.43. The first kappa shape index (κ1) is 10.6. The van der Waals surface area contributed by atoms with Crippen molar-refractivity contribution in [1.29, 1.82) is 0 Å². The van der Waals surface area contributed by atoms with Gasteiger partial charge in [-0.2, -0.15) is 5.10 Å². The van der Waals surface area contributed by atoms with Crippen LogP contribution in [-0.4, -0.2) is 16.7 Å². The molecule has 4 heteroatoms. The zero-order valence-corrected chi connectivity index (χ0v) is 10.2. The number of nitrogens with one attached hydrogen (secondary N) is 2. The van der Waals surface area contributed by atoms with Crippen LogP contribution < -0.4 is 5.32 Å². The predicted octanol–water partition coefficient (Wildman–Crippen LogP) is 3.15. The minimum Gasteiger partial charge on any atom is -0.309 e. The van der Waals surface area contributed by atoms with Crippen molar-refractivity contribution in [2.75, 3.05) is 6.54 Å². The van der Waals surface area contributed by atoms with Crippen LogP contribution in [0.2, 0.25) is 5.02 Å². The van der Waals surface area contributed by atoms with Crippen molar-refractivity contribution in [3.63, 3.8) is 0 Å². The Hall–Kier alpha value is -0.540. The monoisotopic (exact) mass is 239 g/mol. The van der Waals surface area contributed by atoms with Crippen LogP contribution in [0, 0.1) is 0 Å². The molecule has 1 saturated carbocycles. The fourth-order valence-corrected chi connectivity index (χ4v) is 3.01. The van der Waals surface area contributed by atoms with Gasteiger partial charge in [0.05, 0.1) is 22.5 Å². The molecule has 2 heterocycles. The van der Waals surface area contributed by atoms with Crippen molar-refractivity contribution >= 4 is 11.6 Å². The molecule has 0 spiro atoms. The van der Waals surface area contributed by atoms with E-state index in [9.17, 15) is 0 Å². The topological polar surface area (TPSA) is 40.7 Å². The number of nitrogens with zero attached hydrogens (tertiary/aromatic N) is 1. The van der Waals surface area contributed by atoms with Gasteiger partial charge in [-0.05, 0) is 32.2 Å². The van der Waals surface area contributed by atoms with E-state index in [0.29, 0.717) is 12.0 Å². The normalized spacial score (nSPS) is 26.7. The molecule has 1 aliphatic heterocycles. The first-order valence-corrected chi connectivity index (χ1v) is 6.71. The van der Waals surface area contributed by atoms with Gasteiger partial charge in [0.2, 0.25) is 0 Å². The fourth-order valence-electron chi connectivity index (χ4n) is 2.64. The van der Waals surface area contributed by atoms with E-state index in [1.165, 1.54) is 38.5 Å². The van der Waals surface area contributed by atoms with Gasteiger partial charge in [0.15, 0.2) is 0 Å². The molecule has 1 saturated heterocycles. The number of piperidine rings is 1. The second-order valence-electron chi connectivity index (χ2n) is 4.97. The van der Waals surface area contributed by atoms with Crippen molar-refractivity contribution in [3.05, 3.63) is 16.4 Å². The Kier molecular flexibility index (Phi) is 2.90. The van der Waals surface area contributed by atoms with E-state index in [1.807, 2.05) is 0 Å². The number of H-pyrrole nitrogens is 1. The van der Waals surface area contributed by atoms with Crippen LogP contribution in [0.5, 0.6) is 0 Å². The van der Waals surface area contributed by atoms with Crippen molar-refractivity contribution in [2.24, 2.45) is 0 Å². The number of aromatic amines is 1. The molecule has 1 atom stereocenters. The van der Waals surface area contributed by atoms with Crippen LogP contribution in [-0.2, 0) is 0 Å². The molecule has 0 amide bonds. The lowest BCUT2D eigenvalue weighted by molar-refractivity contribution is 0.405. The second kappa shape index (κ2) is 4.38. The average molecular weight is 240 g/mol.